The lowest BCUT2D eigenvalue weighted by Gasteiger charge is -2.40. The van der Waals surface area contributed by atoms with E-state index in [9.17, 15) is 4.79 Å². The summed E-state index contributed by atoms with van der Waals surface area (Å²) in [5.41, 5.74) is 3.75. The number of rotatable bonds is 9. The van der Waals surface area contributed by atoms with Gasteiger partial charge in [0.25, 0.3) is 5.91 Å². The number of amides is 1. The van der Waals surface area contributed by atoms with E-state index in [1.165, 1.54) is 16.7 Å². The summed E-state index contributed by atoms with van der Waals surface area (Å²) in [5.74, 6) is 1.34. The lowest BCUT2D eigenvalue weighted by molar-refractivity contribution is -0.140. The third kappa shape index (κ3) is 5.94. The molecule has 1 saturated heterocycles. The van der Waals surface area contributed by atoms with Crippen LogP contribution in [0.3, 0.4) is 0 Å². The summed E-state index contributed by atoms with van der Waals surface area (Å²) in [5, 5.41) is 0. The molecule has 0 aromatic heterocycles. The highest BCUT2D eigenvalue weighted by Crippen LogP contribution is 2.31. The zero-order valence-corrected chi connectivity index (χ0v) is 21.3. The van der Waals surface area contributed by atoms with Crippen molar-refractivity contribution in [2.75, 3.05) is 26.2 Å². The Balaban J connectivity index is 1.45. The minimum atomic E-state index is -0.453. The van der Waals surface area contributed by atoms with Crippen LogP contribution in [-0.2, 0) is 4.79 Å². The largest absolute Gasteiger partial charge is 0.480 e. The highest BCUT2D eigenvalue weighted by molar-refractivity contribution is 5.81. The van der Waals surface area contributed by atoms with Gasteiger partial charge in [-0.2, -0.15) is 0 Å². The molecule has 4 heteroatoms. The molecule has 1 fully saturated rings. The second-order valence-electron chi connectivity index (χ2n) is 9.45. The number of hydrogen-bond donors (Lipinski definition) is 0. The molecule has 1 aliphatic rings. The molecule has 4 nitrogen and oxygen atoms in total. The van der Waals surface area contributed by atoms with Gasteiger partial charge in [-0.1, -0.05) is 99.6 Å². The van der Waals surface area contributed by atoms with Crippen molar-refractivity contribution in [3.05, 3.63) is 102 Å². The van der Waals surface area contributed by atoms with Gasteiger partial charge < -0.3 is 9.64 Å². The lowest BCUT2D eigenvalue weighted by atomic mass is 9.96. The number of carbonyl (C=O) groups excluding carboxylic acids is 1. The van der Waals surface area contributed by atoms with Crippen LogP contribution in [0.5, 0.6) is 5.75 Å². The van der Waals surface area contributed by atoms with Crippen LogP contribution >= 0.6 is 0 Å². The molecule has 2 unspecified atom stereocenters. The smallest absolute Gasteiger partial charge is 0.263 e. The first-order chi connectivity index (χ1) is 17.1. The van der Waals surface area contributed by atoms with Crippen molar-refractivity contribution in [2.24, 2.45) is 0 Å². The quantitative estimate of drug-likeness (QED) is 0.368. The Morgan fingerprint density at radius 1 is 0.771 bits per heavy atom. The van der Waals surface area contributed by atoms with Crippen molar-refractivity contribution in [1.29, 1.82) is 0 Å². The Hall–Kier alpha value is -3.11. The van der Waals surface area contributed by atoms with Gasteiger partial charge in [0.1, 0.15) is 5.75 Å². The molecule has 3 aromatic rings. The predicted octanol–water partition coefficient (Wildman–Crippen LogP) is 6.29. The van der Waals surface area contributed by atoms with Crippen molar-refractivity contribution in [3.63, 3.8) is 0 Å². The van der Waals surface area contributed by atoms with Gasteiger partial charge in [-0.25, -0.2) is 0 Å². The Labute approximate surface area is 210 Å². The van der Waals surface area contributed by atoms with Crippen molar-refractivity contribution in [3.8, 4) is 5.75 Å². The van der Waals surface area contributed by atoms with Crippen LogP contribution < -0.4 is 4.74 Å². The number of hydrogen-bond acceptors (Lipinski definition) is 3. The first kappa shape index (κ1) is 25.0. The van der Waals surface area contributed by atoms with E-state index in [4.69, 9.17) is 4.74 Å². The van der Waals surface area contributed by atoms with Crippen molar-refractivity contribution in [1.82, 2.24) is 9.80 Å². The Morgan fingerprint density at radius 3 is 1.86 bits per heavy atom. The molecule has 1 amide bonds. The number of benzene rings is 3. The molecule has 0 radical (unpaired) electrons. The molecule has 2 atom stereocenters. The normalized spacial score (nSPS) is 16.2. The topological polar surface area (TPSA) is 32.8 Å². The Morgan fingerprint density at radius 2 is 1.31 bits per heavy atom. The standard InChI is InChI=1S/C31H38N2O2/c1-4-24(3)27-18-12-13-19-29(27)35-28(5-2)31(34)33-22-20-32(21-23-33)30(25-14-8-6-9-15-25)26-16-10-7-11-17-26/h6-19,24,28,30H,4-5,20-23H2,1-3H3. The molecule has 3 aromatic carbocycles. The van der Waals surface area contributed by atoms with Gasteiger partial charge in [0.05, 0.1) is 6.04 Å². The van der Waals surface area contributed by atoms with Crippen LogP contribution in [0.1, 0.15) is 62.3 Å². The summed E-state index contributed by atoms with van der Waals surface area (Å²) in [7, 11) is 0. The number of para-hydroxylation sites is 1. The predicted molar refractivity (Wildman–Crippen MR) is 143 cm³/mol. The van der Waals surface area contributed by atoms with E-state index >= 15 is 0 Å². The van der Waals surface area contributed by atoms with E-state index in [0.29, 0.717) is 25.4 Å². The molecule has 0 aliphatic carbocycles. The second kappa shape index (κ2) is 12.0. The van der Waals surface area contributed by atoms with Gasteiger partial charge in [-0.3, -0.25) is 9.69 Å². The van der Waals surface area contributed by atoms with Gasteiger partial charge in [0, 0.05) is 26.2 Å². The average molecular weight is 471 g/mol. The minimum absolute atomic E-state index is 0.0991. The number of piperazine rings is 1. The van der Waals surface area contributed by atoms with E-state index in [2.05, 4.69) is 85.5 Å². The van der Waals surface area contributed by atoms with E-state index in [1.54, 1.807) is 0 Å². The first-order valence-electron chi connectivity index (χ1n) is 13.0. The average Bonchev–Trinajstić information content (AvgIpc) is 2.93. The van der Waals surface area contributed by atoms with Crippen LogP contribution in [0.2, 0.25) is 0 Å². The van der Waals surface area contributed by atoms with Crippen LogP contribution in [0, 0.1) is 0 Å². The summed E-state index contributed by atoms with van der Waals surface area (Å²) in [4.78, 5) is 18.0. The van der Waals surface area contributed by atoms with Gasteiger partial charge in [0.2, 0.25) is 0 Å². The lowest BCUT2D eigenvalue weighted by Crippen LogP contribution is -2.53. The highest BCUT2D eigenvalue weighted by Gasteiger charge is 2.31. The summed E-state index contributed by atoms with van der Waals surface area (Å²) in [6, 6.07) is 29.7. The van der Waals surface area contributed by atoms with Crippen molar-refractivity contribution in [2.45, 2.75) is 51.7 Å². The molecule has 0 N–H and O–H groups in total. The molecular weight excluding hydrogens is 432 g/mol. The van der Waals surface area contributed by atoms with Gasteiger partial charge in [0.15, 0.2) is 6.10 Å². The van der Waals surface area contributed by atoms with Crippen LogP contribution in [-0.4, -0.2) is 48.0 Å². The number of carbonyl (C=O) groups is 1. The molecule has 35 heavy (non-hydrogen) atoms. The van der Waals surface area contributed by atoms with E-state index in [-0.39, 0.29) is 11.9 Å². The maximum atomic E-state index is 13.5. The molecule has 1 aliphatic heterocycles. The maximum absolute atomic E-state index is 13.5. The third-order valence-corrected chi connectivity index (χ3v) is 7.20. The summed E-state index contributed by atoms with van der Waals surface area (Å²) in [6.07, 6.45) is 1.24. The fraction of sp³-hybridized carbons (Fsp3) is 0.387. The second-order valence-corrected chi connectivity index (χ2v) is 9.45. The number of nitrogens with zero attached hydrogens (tertiary/aromatic N) is 2. The van der Waals surface area contributed by atoms with Gasteiger partial charge in [-0.15, -0.1) is 0 Å². The first-order valence-corrected chi connectivity index (χ1v) is 13.0. The molecule has 0 saturated carbocycles. The third-order valence-electron chi connectivity index (χ3n) is 7.20. The van der Waals surface area contributed by atoms with E-state index in [1.807, 2.05) is 30.0 Å². The van der Waals surface area contributed by atoms with Crippen molar-refractivity contribution >= 4 is 5.91 Å². The molecule has 184 valence electrons. The maximum Gasteiger partial charge on any atom is 0.263 e. The molecule has 0 bridgehead atoms. The van der Waals surface area contributed by atoms with Crippen LogP contribution in [0.4, 0.5) is 0 Å². The van der Waals surface area contributed by atoms with Crippen molar-refractivity contribution < 1.29 is 9.53 Å². The van der Waals surface area contributed by atoms with Gasteiger partial charge >= 0.3 is 0 Å². The monoisotopic (exact) mass is 470 g/mol. The fourth-order valence-electron chi connectivity index (χ4n) is 4.97. The summed E-state index contributed by atoms with van der Waals surface area (Å²) < 4.78 is 6.34. The number of ether oxygens (including phenoxy) is 1. The van der Waals surface area contributed by atoms with Gasteiger partial charge in [-0.05, 0) is 41.5 Å². The molecular formula is C31H38N2O2. The minimum Gasteiger partial charge on any atom is -0.480 e. The summed E-state index contributed by atoms with van der Waals surface area (Å²) in [6.45, 7) is 9.51. The Kier molecular flexibility index (Phi) is 8.59. The van der Waals surface area contributed by atoms with Crippen LogP contribution in [0.25, 0.3) is 0 Å². The van der Waals surface area contributed by atoms with Crippen LogP contribution in [0.15, 0.2) is 84.9 Å². The van der Waals surface area contributed by atoms with E-state index < -0.39 is 6.10 Å². The molecule has 0 spiro atoms. The fourth-order valence-corrected chi connectivity index (χ4v) is 4.97. The van der Waals surface area contributed by atoms with E-state index in [0.717, 1.165) is 25.3 Å². The SMILES string of the molecule is CCC(Oc1ccccc1C(C)CC)C(=O)N1CCN(C(c2ccccc2)c2ccccc2)CC1. The zero-order valence-electron chi connectivity index (χ0n) is 21.3. The highest BCUT2D eigenvalue weighted by atomic mass is 16.5. The summed E-state index contributed by atoms with van der Waals surface area (Å²) >= 11 is 0. The zero-order chi connectivity index (χ0) is 24.6. The molecule has 1 heterocycles. The molecule has 4 rings (SSSR count). The Bertz CT molecular complexity index is 1020.